The summed E-state index contributed by atoms with van der Waals surface area (Å²) in [6.45, 7) is 8.73. The molecular weight excluding hydrogens is 504 g/mol. The Morgan fingerprint density at radius 2 is 1.97 bits per heavy atom. The first kappa shape index (κ1) is 26.0. The Kier molecular flexibility index (Phi) is 7.01. The summed E-state index contributed by atoms with van der Waals surface area (Å²) in [4.78, 5) is 25.0. The highest BCUT2D eigenvalue weighted by Gasteiger charge is 2.41. The molecule has 0 amide bonds. The molecule has 0 unspecified atom stereocenters. The zero-order chi connectivity index (χ0) is 27.0. The largest absolute Gasteiger partial charge is 0.494 e. The topological polar surface area (TPSA) is 99.4 Å². The van der Waals surface area contributed by atoms with Gasteiger partial charge in [0, 0.05) is 5.56 Å². The van der Waals surface area contributed by atoms with Crippen molar-refractivity contribution in [3.05, 3.63) is 64.4 Å². The van der Waals surface area contributed by atoms with E-state index in [1.54, 1.807) is 13.0 Å². The van der Waals surface area contributed by atoms with E-state index in [0.717, 1.165) is 24.0 Å². The van der Waals surface area contributed by atoms with Gasteiger partial charge in [0.2, 0.25) is 5.88 Å². The number of carboxylic acids is 1. The fourth-order valence-corrected chi connectivity index (χ4v) is 4.50. The molecule has 0 saturated heterocycles. The molecule has 2 aromatic carbocycles. The lowest BCUT2D eigenvalue weighted by atomic mass is 10.1. The highest BCUT2D eigenvalue weighted by atomic mass is 35.5. The number of aliphatic carboxylic acids is 1. The van der Waals surface area contributed by atoms with Gasteiger partial charge in [-0.2, -0.15) is 4.98 Å². The van der Waals surface area contributed by atoms with E-state index in [-0.39, 0.29) is 12.2 Å². The van der Waals surface area contributed by atoms with Crippen molar-refractivity contribution >= 4 is 28.7 Å². The molecule has 9 heteroatoms. The first-order valence-electron chi connectivity index (χ1n) is 12.8. The van der Waals surface area contributed by atoms with Crippen molar-refractivity contribution in [1.82, 2.24) is 19.5 Å². The number of halogens is 1. The van der Waals surface area contributed by atoms with Crippen LogP contribution < -0.4 is 9.47 Å². The third-order valence-electron chi connectivity index (χ3n) is 7.05. The summed E-state index contributed by atoms with van der Waals surface area (Å²) in [5.41, 5.74) is 5.29. The smallest absolute Gasteiger partial charge is 0.306 e. The molecule has 5 rings (SSSR count). The average Bonchev–Trinajstić information content (AvgIpc) is 3.49. The van der Waals surface area contributed by atoms with E-state index in [2.05, 4.69) is 53.5 Å². The molecule has 1 saturated carbocycles. The van der Waals surface area contributed by atoms with Gasteiger partial charge in [-0.15, -0.1) is 0 Å². The van der Waals surface area contributed by atoms with Crippen LogP contribution in [-0.2, 0) is 11.3 Å². The number of aromatic nitrogens is 4. The molecule has 2 heterocycles. The van der Waals surface area contributed by atoms with E-state index in [9.17, 15) is 4.79 Å². The molecule has 4 aromatic rings. The van der Waals surface area contributed by atoms with E-state index in [1.165, 1.54) is 17.5 Å². The second-order valence-electron chi connectivity index (χ2n) is 10.4. The number of rotatable bonds is 10. The number of imidazole rings is 1. The van der Waals surface area contributed by atoms with Gasteiger partial charge in [-0.3, -0.25) is 4.79 Å². The molecule has 8 nitrogen and oxygen atoms in total. The predicted octanol–water partition coefficient (Wildman–Crippen LogP) is 6.23. The van der Waals surface area contributed by atoms with Crippen LogP contribution in [0.3, 0.4) is 0 Å². The lowest BCUT2D eigenvalue weighted by Gasteiger charge is -2.14. The maximum absolute atomic E-state index is 11.1. The zero-order valence-corrected chi connectivity index (χ0v) is 22.7. The minimum Gasteiger partial charge on any atom is -0.494 e. The van der Waals surface area contributed by atoms with Crippen LogP contribution in [0.25, 0.3) is 22.6 Å². The van der Waals surface area contributed by atoms with Gasteiger partial charge in [-0.1, -0.05) is 42.3 Å². The molecule has 1 fully saturated rings. The van der Waals surface area contributed by atoms with Crippen LogP contribution in [0.2, 0.25) is 5.02 Å². The van der Waals surface area contributed by atoms with Crippen molar-refractivity contribution in [3.8, 4) is 23.0 Å². The minimum absolute atomic E-state index is 0.215. The fourth-order valence-electron chi connectivity index (χ4n) is 4.24. The van der Waals surface area contributed by atoms with E-state index in [4.69, 9.17) is 31.2 Å². The molecule has 0 bridgehead atoms. The quantitative estimate of drug-likeness (QED) is 0.257. The second-order valence-corrected chi connectivity index (χ2v) is 10.8. The summed E-state index contributed by atoms with van der Waals surface area (Å²) in [5, 5.41) is 9.56. The number of carboxylic acid groups (broad SMARTS) is 1. The molecule has 1 atom stereocenters. The van der Waals surface area contributed by atoms with Gasteiger partial charge >= 0.3 is 5.97 Å². The summed E-state index contributed by atoms with van der Waals surface area (Å²) in [7, 11) is 0. The third-order valence-corrected chi connectivity index (χ3v) is 7.36. The Morgan fingerprint density at radius 3 is 2.68 bits per heavy atom. The van der Waals surface area contributed by atoms with E-state index < -0.39 is 11.9 Å². The molecule has 2 aromatic heterocycles. The van der Waals surface area contributed by atoms with Crippen molar-refractivity contribution in [3.63, 3.8) is 0 Å². The van der Waals surface area contributed by atoms with E-state index >= 15 is 0 Å². The van der Waals surface area contributed by atoms with Crippen molar-refractivity contribution in [1.29, 1.82) is 0 Å². The van der Waals surface area contributed by atoms with Crippen molar-refractivity contribution in [2.75, 3.05) is 6.61 Å². The van der Waals surface area contributed by atoms with Crippen LogP contribution in [0.5, 0.6) is 11.6 Å². The maximum atomic E-state index is 11.1. The molecule has 0 aliphatic heterocycles. The van der Waals surface area contributed by atoms with Crippen molar-refractivity contribution in [2.24, 2.45) is 5.92 Å². The SMILES string of the molecule is Cc1ccc(C)c(Cn2c(-c3ccc(OCC[C@@H](C)C(=O)O)cc3Cl)nc3c(OC4(C)CC4)ncnc32)c1. The Balaban J connectivity index is 1.54. The second kappa shape index (κ2) is 10.3. The zero-order valence-electron chi connectivity index (χ0n) is 22.0. The molecule has 0 spiro atoms. The molecule has 198 valence electrons. The number of carbonyl (C=O) groups is 1. The highest BCUT2D eigenvalue weighted by Crippen LogP contribution is 2.41. The lowest BCUT2D eigenvalue weighted by Crippen LogP contribution is -2.13. The number of fused-ring (bicyclic) bond motifs is 1. The number of nitrogens with zero attached hydrogens (tertiary/aromatic N) is 4. The van der Waals surface area contributed by atoms with E-state index in [0.29, 0.717) is 46.6 Å². The molecule has 1 aliphatic carbocycles. The number of hydrogen-bond acceptors (Lipinski definition) is 6. The maximum Gasteiger partial charge on any atom is 0.306 e. The Hall–Kier alpha value is -3.65. The molecule has 0 radical (unpaired) electrons. The van der Waals surface area contributed by atoms with Gasteiger partial charge in [0.15, 0.2) is 11.2 Å². The minimum atomic E-state index is -0.841. The standard InChI is InChI=1S/C29H31ClN4O4/c1-17-5-6-18(2)20(13-17)15-34-25(33-24-26(34)31-16-32-27(24)38-29(4)10-11-29)22-8-7-21(14-23(22)30)37-12-9-19(3)28(35)36/h5-8,13-14,16,19H,9-12,15H2,1-4H3,(H,35,36)/t19-/m1/s1. The summed E-state index contributed by atoms with van der Waals surface area (Å²) < 4.78 is 14.1. The predicted molar refractivity (Wildman–Crippen MR) is 146 cm³/mol. The summed E-state index contributed by atoms with van der Waals surface area (Å²) in [5.74, 6) is 0.374. The van der Waals surface area contributed by atoms with Gasteiger partial charge in [0.25, 0.3) is 0 Å². The molecule has 38 heavy (non-hydrogen) atoms. The fraction of sp³-hybridized carbons (Fsp3) is 0.379. The van der Waals surface area contributed by atoms with Crippen LogP contribution in [0.1, 0.15) is 49.8 Å². The number of hydrogen-bond donors (Lipinski definition) is 1. The van der Waals surface area contributed by atoms with Gasteiger partial charge in [-0.25, -0.2) is 9.97 Å². The van der Waals surface area contributed by atoms with Gasteiger partial charge in [0.05, 0.1) is 24.1 Å². The molecular formula is C29H31ClN4O4. The van der Waals surface area contributed by atoms with Crippen LogP contribution in [-0.4, -0.2) is 42.8 Å². The third kappa shape index (κ3) is 5.45. The average molecular weight is 535 g/mol. The first-order valence-corrected chi connectivity index (χ1v) is 13.1. The Labute approximate surface area is 226 Å². The first-order chi connectivity index (χ1) is 18.1. The molecule has 1 N–H and O–H groups in total. The lowest BCUT2D eigenvalue weighted by molar-refractivity contribution is -0.141. The monoisotopic (exact) mass is 534 g/mol. The van der Waals surface area contributed by atoms with Crippen LogP contribution >= 0.6 is 11.6 Å². The Morgan fingerprint density at radius 1 is 1.18 bits per heavy atom. The number of aryl methyl sites for hydroxylation is 2. The van der Waals surface area contributed by atoms with Gasteiger partial charge in [-0.05, 0) is 69.4 Å². The summed E-state index contributed by atoms with van der Waals surface area (Å²) >= 11 is 6.78. The number of benzene rings is 2. The normalized spacial score (nSPS) is 14.9. The summed E-state index contributed by atoms with van der Waals surface area (Å²) in [6.07, 6.45) is 3.88. The Bertz CT molecular complexity index is 1510. The van der Waals surface area contributed by atoms with Gasteiger partial charge in [0.1, 0.15) is 23.5 Å². The van der Waals surface area contributed by atoms with Crippen molar-refractivity contribution < 1.29 is 19.4 Å². The number of ether oxygens (including phenoxy) is 2. The van der Waals surface area contributed by atoms with Gasteiger partial charge < -0.3 is 19.1 Å². The van der Waals surface area contributed by atoms with E-state index in [1.807, 2.05) is 12.1 Å². The highest BCUT2D eigenvalue weighted by molar-refractivity contribution is 6.33. The van der Waals surface area contributed by atoms with Crippen LogP contribution in [0.15, 0.2) is 42.7 Å². The molecule has 1 aliphatic rings. The summed E-state index contributed by atoms with van der Waals surface area (Å²) in [6, 6.07) is 11.8. The van der Waals surface area contributed by atoms with Crippen LogP contribution in [0.4, 0.5) is 0 Å². The van der Waals surface area contributed by atoms with Crippen molar-refractivity contribution in [2.45, 2.75) is 59.1 Å². The van der Waals surface area contributed by atoms with Crippen LogP contribution in [0, 0.1) is 19.8 Å².